The maximum absolute atomic E-state index is 9.40. The van der Waals surface area contributed by atoms with Crippen LogP contribution in [0.2, 0.25) is 0 Å². The molecule has 0 radical (unpaired) electrons. The first kappa shape index (κ1) is 12.9. The molecule has 0 fully saturated rings. The van der Waals surface area contributed by atoms with E-state index in [0.717, 1.165) is 45.3 Å². The van der Waals surface area contributed by atoms with Gasteiger partial charge in [0.05, 0.1) is 6.10 Å². The van der Waals surface area contributed by atoms with Gasteiger partial charge < -0.3 is 9.84 Å². The molecule has 0 bridgehead atoms. The van der Waals surface area contributed by atoms with Crippen LogP contribution in [0.4, 0.5) is 0 Å². The lowest BCUT2D eigenvalue weighted by Gasteiger charge is -2.08. The second kappa shape index (κ2) is 10.0. The Morgan fingerprint density at radius 2 is 1.69 bits per heavy atom. The van der Waals surface area contributed by atoms with Crippen LogP contribution in [0.1, 0.15) is 52.4 Å². The molecule has 2 nitrogen and oxygen atoms in total. The summed E-state index contributed by atoms with van der Waals surface area (Å²) in [5, 5.41) is 9.40. The van der Waals surface area contributed by atoms with Gasteiger partial charge in [0, 0.05) is 13.2 Å². The molecule has 0 amide bonds. The summed E-state index contributed by atoms with van der Waals surface area (Å²) in [4.78, 5) is 0. The van der Waals surface area contributed by atoms with Gasteiger partial charge in [-0.3, -0.25) is 0 Å². The van der Waals surface area contributed by atoms with Gasteiger partial charge in [-0.1, -0.05) is 26.7 Å². The zero-order chi connectivity index (χ0) is 9.94. The first-order valence-electron chi connectivity index (χ1n) is 5.57. The Labute approximate surface area is 82.3 Å². The number of hydrogen-bond acceptors (Lipinski definition) is 2. The first-order valence-corrected chi connectivity index (χ1v) is 5.57. The average Bonchev–Trinajstić information content (AvgIpc) is 2.11. The van der Waals surface area contributed by atoms with E-state index in [-0.39, 0.29) is 6.10 Å². The molecule has 0 aromatic carbocycles. The number of unbranched alkanes of at least 4 members (excludes halogenated alkanes) is 1. The van der Waals surface area contributed by atoms with E-state index in [2.05, 4.69) is 13.8 Å². The van der Waals surface area contributed by atoms with Gasteiger partial charge in [0.2, 0.25) is 0 Å². The van der Waals surface area contributed by atoms with Gasteiger partial charge in [0.25, 0.3) is 0 Å². The lowest BCUT2D eigenvalue weighted by Crippen LogP contribution is -2.07. The van der Waals surface area contributed by atoms with Crippen LogP contribution in [0.3, 0.4) is 0 Å². The molecule has 0 saturated heterocycles. The van der Waals surface area contributed by atoms with E-state index in [4.69, 9.17) is 4.74 Å². The minimum atomic E-state index is -0.111. The lowest BCUT2D eigenvalue weighted by molar-refractivity contribution is 0.101. The SMILES string of the molecule is CCCCOCCCC(O)CCC. The van der Waals surface area contributed by atoms with Crippen LogP contribution >= 0.6 is 0 Å². The Morgan fingerprint density at radius 3 is 2.31 bits per heavy atom. The quantitative estimate of drug-likeness (QED) is 0.564. The highest BCUT2D eigenvalue weighted by Crippen LogP contribution is 2.04. The molecule has 0 aromatic rings. The van der Waals surface area contributed by atoms with Crippen molar-refractivity contribution in [3.63, 3.8) is 0 Å². The summed E-state index contributed by atoms with van der Waals surface area (Å²) in [5.41, 5.74) is 0. The predicted octanol–water partition coefficient (Wildman–Crippen LogP) is 2.74. The first-order chi connectivity index (χ1) is 6.31. The zero-order valence-electron chi connectivity index (χ0n) is 9.09. The van der Waals surface area contributed by atoms with E-state index >= 15 is 0 Å². The van der Waals surface area contributed by atoms with Crippen molar-refractivity contribution in [3.8, 4) is 0 Å². The topological polar surface area (TPSA) is 29.5 Å². The Bertz CT molecular complexity index is 94.1. The molecular formula is C11H24O2. The van der Waals surface area contributed by atoms with E-state index in [1.807, 2.05) is 0 Å². The molecule has 1 atom stereocenters. The highest BCUT2D eigenvalue weighted by Gasteiger charge is 2.01. The molecule has 0 heterocycles. The van der Waals surface area contributed by atoms with Crippen LogP contribution in [-0.4, -0.2) is 24.4 Å². The van der Waals surface area contributed by atoms with E-state index < -0.39 is 0 Å². The van der Waals surface area contributed by atoms with Gasteiger partial charge in [-0.05, 0) is 25.7 Å². The van der Waals surface area contributed by atoms with Gasteiger partial charge in [0.1, 0.15) is 0 Å². The van der Waals surface area contributed by atoms with Gasteiger partial charge >= 0.3 is 0 Å². The standard InChI is InChI=1S/C11H24O2/c1-3-5-9-13-10-6-8-11(12)7-4-2/h11-12H,3-10H2,1-2H3. The number of aliphatic hydroxyl groups is 1. The Morgan fingerprint density at radius 1 is 1.00 bits per heavy atom. The van der Waals surface area contributed by atoms with Gasteiger partial charge in [-0.15, -0.1) is 0 Å². The Hall–Kier alpha value is -0.0800. The van der Waals surface area contributed by atoms with E-state index in [1.165, 1.54) is 6.42 Å². The monoisotopic (exact) mass is 188 g/mol. The molecule has 13 heavy (non-hydrogen) atoms. The summed E-state index contributed by atoms with van der Waals surface area (Å²) in [5.74, 6) is 0. The van der Waals surface area contributed by atoms with Crippen LogP contribution < -0.4 is 0 Å². The predicted molar refractivity (Wildman–Crippen MR) is 55.9 cm³/mol. The van der Waals surface area contributed by atoms with Crippen LogP contribution in [0.25, 0.3) is 0 Å². The molecule has 0 aliphatic rings. The molecule has 0 spiro atoms. The normalized spacial score (nSPS) is 13.2. The fraction of sp³-hybridized carbons (Fsp3) is 1.00. The number of hydrogen-bond donors (Lipinski definition) is 1. The molecular weight excluding hydrogens is 164 g/mol. The smallest absolute Gasteiger partial charge is 0.0541 e. The molecule has 0 rings (SSSR count). The van der Waals surface area contributed by atoms with E-state index in [1.54, 1.807) is 0 Å². The molecule has 0 saturated carbocycles. The second-order valence-electron chi connectivity index (χ2n) is 3.55. The maximum atomic E-state index is 9.40. The van der Waals surface area contributed by atoms with Gasteiger partial charge in [-0.2, -0.15) is 0 Å². The molecule has 0 aliphatic heterocycles. The highest BCUT2D eigenvalue weighted by atomic mass is 16.5. The summed E-state index contributed by atoms with van der Waals surface area (Å²) in [6.07, 6.45) is 6.10. The third-order valence-electron chi connectivity index (χ3n) is 2.09. The number of ether oxygens (including phenoxy) is 1. The van der Waals surface area contributed by atoms with Crippen molar-refractivity contribution in [1.82, 2.24) is 0 Å². The molecule has 1 N–H and O–H groups in total. The van der Waals surface area contributed by atoms with Crippen LogP contribution in [0.15, 0.2) is 0 Å². The molecule has 0 aliphatic carbocycles. The maximum Gasteiger partial charge on any atom is 0.0541 e. The fourth-order valence-electron chi connectivity index (χ4n) is 1.25. The molecule has 2 heteroatoms. The van der Waals surface area contributed by atoms with Crippen molar-refractivity contribution in [3.05, 3.63) is 0 Å². The van der Waals surface area contributed by atoms with Crippen LogP contribution in [0, 0.1) is 0 Å². The average molecular weight is 188 g/mol. The summed E-state index contributed by atoms with van der Waals surface area (Å²) in [6, 6.07) is 0. The molecule has 0 aromatic heterocycles. The minimum absolute atomic E-state index is 0.111. The van der Waals surface area contributed by atoms with Crippen molar-refractivity contribution < 1.29 is 9.84 Å². The Kier molecular flexibility index (Phi) is 9.94. The molecule has 80 valence electrons. The summed E-state index contributed by atoms with van der Waals surface area (Å²) < 4.78 is 5.39. The van der Waals surface area contributed by atoms with Crippen molar-refractivity contribution in [2.75, 3.05) is 13.2 Å². The van der Waals surface area contributed by atoms with E-state index in [0.29, 0.717) is 0 Å². The van der Waals surface area contributed by atoms with Gasteiger partial charge in [-0.25, -0.2) is 0 Å². The summed E-state index contributed by atoms with van der Waals surface area (Å²) in [7, 11) is 0. The summed E-state index contributed by atoms with van der Waals surface area (Å²) in [6.45, 7) is 5.94. The van der Waals surface area contributed by atoms with E-state index in [9.17, 15) is 5.11 Å². The second-order valence-corrected chi connectivity index (χ2v) is 3.55. The molecule has 1 unspecified atom stereocenters. The van der Waals surface area contributed by atoms with Crippen molar-refractivity contribution in [1.29, 1.82) is 0 Å². The van der Waals surface area contributed by atoms with Gasteiger partial charge in [0.15, 0.2) is 0 Å². The zero-order valence-corrected chi connectivity index (χ0v) is 9.09. The third-order valence-corrected chi connectivity index (χ3v) is 2.09. The number of aliphatic hydroxyl groups excluding tert-OH is 1. The van der Waals surface area contributed by atoms with Crippen LogP contribution in [-0.2, 0) is 4.74 Å². The van der Waals surface area contributed by atoms with Crippen molar-refractivity contribution >= 4 is 0 Å². The van der Waals surface area contributed by atoms with Crippen LogP contribution in [0.5, 0.6) is 0 Å². The third kappa shape index (κ3) is 9.84. The minimum Gasteiger partial charge on any atom is -0.393 e. The van der Waals surface area contributed by atoms with Crippen molar-refractivity contribution in [2.24, 2.45) is 0 Å². The Balaban J connectivity index is 2.97. The number of rotatable bonds is 9. The fourth-order valence-corrected chi connectivity index (χ4v) is 1.25. The lowest BCUT2D eigenvalue weighted by atomic mass is 10.1. The highest BCUT2D eigenvalue weighted by molar-refractivity contribution is 4.53. The van der Waals surface area contributed by atoms with Crippen molar-refractivity contribution in [2.45, 2.75) is 58.5 Å². The summed E-state index contributed by atoms with van der Waals surface area (Å²) >= 11 is 0. The largest absolute Gasteiger partial charge is 0.393 e.